The number of hydrogen-bond donors (Lipinski definition) is 2. The van der Waals surface area contributed by atoms with Crippen molar-refractivity contribution >= 4 is 11.7 Å². The number of hydrogen-bond acceptors (Lipinski definition) is 4. The highest BCUT2D eigenvalue weighted by Crippen LogP contribution is 2.18. The Balaban J connectivity index is 2.18. The molecule has 0 atom stereocenters. The van der Waals surface area contributed by atoms with Gasteiger partial charge in [0.2, 0.25) is 0 Å². The van der Waals surface area contributed by atoms with Gasteiger partial charge in [-0.1, -0.05) is 0 Å². The minimum absolute atomic E-state index is 0.164. The maximum atomic E-state index is 13.1. The summed E-state index contributed by atoms with van der Waals surface area (Å²) in [6.45, 7) is 0.454. The van der Waals surface area contributed by atoms with Gasteiger partial charge in [0.15, 0.2) is 0 Å². The first-order chi connectivity index (χ1) is 8.70. The van der Waals surface area contributed by atoms with Gasteiger partial charge in [0, 0.05) is 11.9 Å². The number of methoxy groups -OCH3 is 1. The van der Waals surface area contributed by atoms with Gasteiger partial charge in [-0.15, -0.1) is 0 Å². The molecule has 0 bridgehead atoms. The highest BCUT2D eigenvalue weighted by atomic mass is 19.1. The number of nitrogens with one attached hydrogen (secondary N) is 2. The predicted octanol–water partition coefficient (Wildman–Crippen LogP) is 1.95. The molecule has 0 aliphatic carbocycles. The minimum Gasteiger partial charge on any atom is -0.465 e. The Labute approximate surface area is 103 Å². The molecule has 2 aromatic rings. The van der Waals surface area contributed by atoms with Crippen LogP contribution in [0.2, 0.25) is 0 Å². The van der Waals surface area contributed by atoms with E-state index in [1.807, 2.05) is 0 Å². The number of esters is 1. The smallest absolute Gasteiger partial charge is 0.340 e. The molecule has 94 valence electrons. The predicted molar refractivity (Wildman–Crippen MR) is 63.7 cm³/mol. The molecule has 1 heterocycles. The van der Waals surface area contributed by atoms with Crippen molar-refractivity contribution in [3.63, 3.8) is 0 Å². The zero-order chi connectivity index (χ0) is 13.0. The van der Waals surface area contributed by atoms with Crippen molar-refractivity contribution in [2.75, 3.05) is 12.4 Å². The van der Waals surface area contributed by atoms with Crippen molar-refractivity contribution in [3.05, 3.63) is 47.8 Å². The maximum absolute atomic E-state index is 13.1. The molecule has 0 radical (unpaired) electrons. The lowest BCUT2D eigenvalue weighted by Crippen LogP contribution is -2.09. The number of imidazole rings is 1. The Bertz CT molecular complexity index is 540. The monoisotopic (exact) mass is 249 g/mol. The van der Waals surface area contributed by atoms with E-state index in [1.165, 1.54) is 19.2 Å². The molecule has 1 aromatic heterocycles. The van der Waals surface area contributed by atoms with Gasteiger partial charge in [0.1, 0.15) is 5.82 Å². The number of nitrogens with zero attached hydrogens (tertiary/aromatic N) is 1. The second kappa shape index (κ2) is 5.31. The zero-order valence-corrected chi connectivity index (χ0v) is 9.74. The molecule has 2 rings (SSSR count). The zero-order valence-electron chi connectivity index (χ0n) is 9.74. The number of anilines is 1. The summed E-state index contributed by atoms with van der Waals surface area (Å²) in [5.74, 6) is -1.07. The number of carbonyl (C=O) groups excluding carboxylic acids is 1. The summed E-state index contributed by atoms with van der Waals surface area (Å²) in [6.07, 6.45) is 3.22. The van der Waals surface area contributed by atoms with Crippen molar-refractivity contribution < 1.29 is 13.9 Å². The summed E-state index contributed by atoms with van der Waals surface area (Å²) in [5, 5.41) is 3.02. The topological polar surface area (TPSA) is 67.0 Å². The molecule has 0 spiro atoms. The molecule has 0 unspecified atom stereocenters. The first-order valence-corrected chi connectivity index (χ1v) is 5.29. The Hall–Kier alpha value is -2.37. The van der Waals surface area contributed by atoms with E-state index >= 15 is 0 Å². The van der Waals surface area contributed by atoms with Crippen LogP contribution in [-0.2, 0) is 11.3 Å². The quantitative estimate of drug-likeness (QED) is 0.813. The van der Waals surface area contributed by atoms with E-state index in [9.17, 15) is 9.18 Å². The van der Waals surface area contributed by atoms with Gasteiger partial charge in [-0.3, -0.25) is 0 Å². The van der Waals surface area contributed by atoms with Crippen LogP contribution in [0.1, 0.15) is 16.1 Å². The van der Waals surface area contributed by atoms with Gasteiger partial charge < -0.3 is 15.0 Å². The highest BCUT2D eigenvalue weighted by molar-refractivity contribution is 5.95. The van der Waals surface area contributed by atoms with Gasteiger partial charge >= 0.3 is 5.97 Å². The van der Waals surface area contributed by atoms with Gasteiger partial charge in [-0.05, 0) is 18.2 Å². The lowest BCUT2D eigenvalue weighted by Gasteiger charge is -2.09. The van der Waals surface area contributed by atoms with E-state index in [2.05, 4.69) is 20.0 Å². The third kappa shape index (κ3) is 2.65. The number of rotatable bonds is 4. The minimum atomic E-state index is -0.582. The van der Waals surface area contributed by atoms with Crippen LogP contribution in [0.15, 0.2) is 30.7 Å². The lowest BCUT2D eigenvalue weighted by atomic mass is 10.1. The Morgan fingerprint density at radius 1 is 1.56 bits per heavy atom. The third-order valence-electron chi connectivity index (χ3n) is 2.41. The Morgan fingerprint density at radius 3 is 3.06 bits per heavy atom. The molecular formula is C12H12FN3O2. The van der Waals surface area contributed by atoms with Crippen molar-refractivity contribution in [2.45, 2.75) is 6.54 Å². The van der Waals surface area contributed by atoms with Gasteiger partial charge in [-0.25, -0.2) is 14.2 Å². The second-order valence-electron chi connectivity index (χ2n) is 3.61. The fraction of sp³-hybridized carbons (Fsp3) is 0.167. The van der Waals surface area contributed by atoms with Crippen LogP contribution in [0.4, 0.5) is 10.1 Å². The molecule has 0 aliphatic rings. The molecule has 1 aromatic carbocycles. The number of halogens is 1. The van der Waals surface area contributed by atoms with Crippen molar-refractivity contribution in [2.24, 2.45) is 0 Å². The van der Waals surface area contributed by atoms with Crippen molar-refractivity contribution in [1.29, 1.82) is 0 Å². The molecule has 0 saturated heterocycles. The van der Waals surface area contributed by atoms with Crippen LogP contribution in [0, 0.1) is 5.82 Å². The summed E-state index contributed by atoms with van der Waals surface area (Å²) in [5.41, 5.74) is 1.53. The van der Waals surface area contributed by atoms with Crippen molar-refractivity contribution in [1.82, 2.24) is 9.97 Å². The first-order valence-electron chi connectivity index (χ1n) is 5.29. The summed E-state index contributed by atoms with van der Waals surface area (Å²) >= 11 is 0. The van der Waals surface area contributed by atoms with Gasteiger partial charge in [0.25, 0.3) is 0 Å². The van der Waals surface area contributed by atoms with Crippen LogP contribution in [0.5, 0.6) is 0 Å². The summed E-state index contributed by atoms with van der Waals surface area (Å²) in [6, 6.07) is 3.92. The van der Waals surface area contributed by atoms with E-state index in [4.69, 9.17) is 0 Å². The molecule has 0 saturated carbocycles. The Kier molecular flexibility index (Phi) is 3.57. The van der Waals surface area contributed by atoms with E-state index in [0.717, 1.165) is 11.8 Å². The molecule has 18 heavy (non-hydrogen) atoms. The van der Waals surface area contributed by atoms with E-state index in [1.54, 1.807) is 12.5 Å². The van der Waals surface area contributed by atoms with Crippen LogP contribution < -0.4 is 5.32 Å². The number of ether oxygens (including phenoxy) is 1. The number of H-pyrrole nitrogens is 1. The summed E-state index contributed by atoms with van der Waals surface area (Å²) in [4.78, 5) is 18.3. The number of benzene rings is 1. The average Bonchev–Trinajstić information content (AvgIpc) is 2.89. The van der Waals surface area contributed by atoms with Crippen LogP contribution >= 0.6 is 0 Å². The van der Waals surface area contributed by atoms with Crippen LogP contribution in [0.3, 0.4) is 0 Å². The SMILES string of the molecule is COC(=O)c1cc(F)ccc1NCc1cnc[nH]1. The third-order valence-corrected chi connectivity index (χ3v) is 2.41. The fourth-order valence-corrected chi connectivity index (χ4v) is 1.52. The Morgan fingerprint density at radius 2 is 2.39 bits per heavy atom. The number of carbonyl (C=O) groups is 1. The van der Waals surface area contributed by atoms with Gasteiger partial charge in [0.05, 0.1) is 31.2 Å². The van der Waals surface area contributed by atoms with E-state index < -0.39 is 11.8 Å². The van der Waals surface area contributed by atoms with Crippen molar-refractivity contribution in [3.8, 4) is 0 Å². The molecule has 5 nitrogen and oxygen atoms in total. The van der Waals surface area contributed by atoms with E-state index in [-0.39, 0.29) is 5.56 Å². The molecule has 6 heteroatoms. The average molecular weight is 249 g/mol. The standard InChI is InChI=1S/C12H12FN3O2/c1-18-12(17)10-4-8(13)2-3-11(10)15-6-9-5-14-7-16-9/h2-5,7,15H,6H2,1H3,(H,14,16). The largest absolute Gasteiger partial charge is 0.465 e. The summed E-state index contributed by atoms with van der Waals surface area (Å²) < 4.78 is 17.7. The normalized spacial score (nSPS) is 10.1. The van der Waals surface area contributed by atoms with Gasteiger partial charge in [-0.2, -0.15) is 0 Å². The summed E-state index contributed by atoms with van der Waals surface area (Å²) in [7, 11) is 1.26. The first kappa shape index (κ1) is 12.1. The fourth-order valence-electron chi connectivity index (χ4n) is 1.52. The molecular weight excluding hydrogens is 237 g/mol. The van der Waals surface area contributed by atoms with Crippen LogP contribution in [-0.4, -0.2) is 23.0 Å². The molecule has 2 N–H and O–H groups in total. The number of aromatic amines is 1. The second-order valence-corrected chi connectivity index (χ2v) is 3.61. The maximum Gasteiger partial charge on any atom is 0.340 e. The molecule has 0 amide bonds. The van der Waals surface area contributed by atoms with Crippen LogP contribution in [0.25, 0.3) is 0 Å². The number of aromatic nitrogens is 2. The molecule has 0 aliphatic heterocycles. The highest BCUT2D eigenvalue weighted by Gasteiger charge is 2.12. The molecule has 0 fully saturated rings. The lowest BCUT2D eigenvalue weighted by molar-refractivity contribution is 0.0601. The van der Waals surface area contributed by atoms with E-state index in [0.29, 0.717) is 12.2 Å².